The van der Waals surface area contributed by atoms with E-state index >= 15 is 0 Å². The third-order valence-electron chi connectivity index (χ3n) is 2.54. The summed E-state index contributed by atoms with van der Waals surface area (Å²) in [5.41, 5.74) is -1.14. The molecule has 2 rings (SSSR count). The first-order valence-corrected chi connectivity index (χ1v) is 7.26. The first kappa shape index (κ1) is 15.1. The highest BCUT2D eigenvalue weighted by molar-refractivity contribution is 7.92. The van der Waals surface area contributed by atoms with Crippen LogP contribution in [0.4, 0.5) is 11.4 Å². The summed E-state index contributed by atoms with van der Waals surface area (Å²) < 4.78 is 27.5. The van der Waals surface area contributed by atoms with E-state index in [0.29, 0.717) is 0 Å². The van der Waals surface area contributed by atoms with Gasteiger partial charge in [-0.1, -0.05) is 17.7 Å². The maximum Gasteiger partial charge on any atom is 0.297 e. The number of rotatable bonds is 4. The van der Waals surface area contributed by atoms with E-state index in [2.05, 4.69) is 4.98 Å². The summed E-state index contributed by atoms with van der Waals surface area (Å²) in [5.74, 6) is -0.583. The van der Waals surface area contributed by atoms with Gasteiger partial charge in [0.05, 0.1) is 11.3 Å². The fourth-order valence-electron chi connectivity index (χ4n) is 1.54. The zero-order valence-corrected chi connectivity index (χ0v) is 12.1. The number of phenolic OH excluding ortho intramolecular Hbond substituents is 1. The minimum Gasteiger partial charge on any atom is -0.505 e. The van der Waals surface area contributed by atoms with E-state index in [1.807, 2.05) is 4.72 Å². The Morgan fingerprint density at radius 2 is 2.14 bits per heavy atom. The van der Waals surface area contributed by atoms with Crippen molar-refractivity contribution < 1.29 is 18.4 Å². The lowest BCUT2D eigenvalue weighted by atomic mass is 10.2. The van der Waals surface area contributed by atoms with Crippen LogP contribution < -0.4 is 4.72 Å². The quantitative estimate of drug-likeness (QED) is 0.496. The van der Waals surface area contributed by atoms with Gasteiger partial charge in [0.2, 0.25) is 5.03 Å². The van der Waals surface area contributed by atoms with Gasteiger partial charge in [0.1, 0.15) is 10.9 Å². The van der Waals surface area contributed by atoms with Crippen LogP contribution in [-0.4, -0.2) is 28.0 Å². The fraction of sp³-hybridized carbons (Fsp3) is 0.100. The Morgan fingerprint density at radius 3 is 2.67 bits per heavy atom. The Bertz CT molecular complexity index is 817. The minimum atomic E-state index is -4.28. The van der Waals surface area contributed by atoms with Gasteiger partial charge in [-0.15, -0.1) is 0 Å². The Balaban J connectivity index is 2.52. The molecular formula is C10H9ClN4O5S. The first-order chi connectivity index (χ1) is 9.74. The molecule has 0 aliphatic heterocycles. The van der Waals surface area contributed by atoms with Crippen LogP contribution in [0.15, 0.2) is 29.6 Å². The topological polar surface area (TPSA) is 127 Å². The number of imidazole rings is 1. The summed E-state index contributed by atoms with van der Waals surface area (Å²) in [7, 11) is -2.80. The summed E-state index contributed by atoms with van der Waals surface area (Å²) in [4.78, 5) is 13.7. The molecule has 21 heavy (non-hydrogen) atoms. The van der Waals surface area contributed by atoms with Gasteiger partial charge in [-0.25, -0.2) is 4.98 Å². The number of aromatic nitrogens is 2. The summed E-state index contributed by atoms with van der Waals surface area (Å²) in [6, 6.07) is 3.39. The number of sulfonamides is 1. The van der Waals surface area contributed by atoms with Gasteiger partial charge in [-0.3, -0.25) is 14.8 Å². The summed E-state index contributed by atoms with van der Waals surface area (Å²) in [5, 5.41) is 19.9. The number of halogens is 1. The van der Waals surface area contributed by atoms with E-state index in [1.54, 1.807) is 0 Å². The van der Waals surface area contributed by atoms with Gasteiger partial charge >= 0.3 is 0 Å². The van der Waals surface area contributed by atoms with Gasteiger partial charge in [-0.2, -0.15) is 8.42 Å². The van der Waals surface area contributed by atoms with Crippen molar-refractivity contribution in [3.05, 3.63) is 39.8 Å². The van der Waals surface area contributed by atoms with Crippen molar-refractivity contribution in [3.63, 3.8) is 0 Å². The zero-order valence-electron chi connectivity index (χ0n) is 10.5. The van der Waals surface area contributed by atoms with Crippen molar-refractivity contribution in [2.24, 2.45) is 7.05 Å². The molecule has 9 nitrogen and oxygen atoms in total. The number of nitro groups is 1. The van der Waals surface area contributed by atoms with E-state index in [1.165, 1.54) is 24.0 Å². The van der Waals surface area contributed by atoms with Crippen molar-refractivity contribution in [1.29, 1.82) is 0 Å². The largest absolute Gasteiger partial charge is 0.505 e. The van der Waals surface area contributed by atoms with Crippen LogP contribution >= 0.6 is 11.6 Å². The van der Waals surface area contributed by atoms with Crippen molar-refractivity contribution >= 4 is 33.0 Å². The number of anilines is 1. The van der Waals surface area contributed by atoms with Gasteiger partial charge in [0, 0.05) is 13.1 Å². The molecule has 0 atom stereocenters. The van der Waals surface area contributed by atoms with Crippen LogP contribution in [0.2, 0.25) is 5.15 Å². The molecule has 0 aliphatic rings. The third kappa shape index (κ3) is 2.76. The molecule has 0 unspecified atom stereocenters. The molecule has 1 aromatic heterocycles. The average Bonchev–Trinajstić information content (AvgIpc) is 2.72. The molecule has 0 saturated heterocycles. The Labute approximate surface area is 124 Å². The summed E-state index contributed by atoms with van der Waals surface area (Å²) >= 11 is 5.79. The lowest BCUT2D eigenvalue weighted by molar-refractivity contribution is -0.383. The van der Waals surface area contributed by atoms with Crippen molar-refractivity contribution in [2.45, 2.75) is 5.03 Å². The molecule has 0 radical (unpaired) electrons. The average molecular weight is 333 g/mol. The van der Waals surface area contributed by atoms with Crippen LogP contribution in [0.25, 0.3) is 0 Å². The predicted octanol–water partition coefficient (Wildman–Crippen LogP) is 1.49. The number of hydrogen-bond donors (Lipinski definition) is 2. The third-order valence-corrected chi connectivity index (χ3v) is 4.38. The Kier molecular flexibility index (Phi) is 3.75. The highest BCUT2D eigenvalue weighted by Gasteiger charge is 2.27. The monoisotopic (exact) mass is 332 g/mol. The van der Waals surface area contributed by atoms with Crippen molar-refractivity contribution in [1.82, 2.24) is 9.55 Å². The second-order valence-electron chi connectivity index (χ2n) is 3.99. The number of aromatic hydroxyl groups is 1. The number of para-hydroxylation sites is 1. The lowest BCUT2D eigenvalue weighted by Crippen LogP contribution is -2.15. The van der Waals surface area contributed by atoms with E-state index in [-0.39, 0.29) is 5.15 Å². The van der Waals surface area contributed by atoms with Gasteiger partial charge in [-0.05, 0) is 6.07 Å². The molecule has 1 aromatic carbocycles. The van der Waals surface area contributed by atoms with Gasteiger partial charge in [0.15, 0.2) is 5.69 Å². The summed E-state index contributed by atoms with van der Waals surface area (Å²) in [6.45, 7) is 0. The van der Waals surface area contributed by atoms with E-state index in [0.717, 1.165) is 12.1 Å². The van der Waals surface area contributed by atoms with Crippen molar-refractivity contribution in [2.75, 3.05) is 4.72 Å². The minimum absolute atomic E-state index is 0.166. The second kappa shape index (κ2) is 5.22. The molecule has 2 aromatic rings. The lowest BCUT2D eigenvalue weighted by Gasteiger charge is -2.08. The number of phenols is 1. The van der Waals surface area contributed by atoms with E-state index < -0.39 is 37.1 Å². The van der Waals surface area contributed by atoms with E-state index in [9.17, 15) is 23.6 Å². The summed E-state index contributed by atoms with van der Waals surface area (Å²) in [6.07, 6.45) is 1.18. The van der Waals surface area contributed by atoms with Crippen molar-refractivity contribution in [3.8, 4) is 5.75 Å². The number of benzene rings is 1. The Morgan fingerprint density at radius 1 is 1.48 bits per heavy atom. The smallest absolute Gasteiger partial charge is 0.297 e. The van der Waals surface area contributed by atoms with E-state index in [4.69, 9.17) is 11.6 Å². The zero-order chi connectivity index (χ0) is 15.8. The van der Waals surface area contributed by atoms with Crippen LogP contribution in [-0.2, 0) is 17.1 Å². The van der Waals surface area contributed by atoms with Gasteiger partial charge < -0.3 is 9.67 Å². The number of nitro benzene ring substituents is 1. The van der Waals surface area contributed by atoms with Gasteiger partial charge in [0.25, 0.3) is 15.7 Å². The second-order valence-corrected chi connectivity index (χ2v) is 5.94. The molecular weight excluding hydrogens is 324 g/mol. The predicted molar refractivity (Wildman–Crippen MR) is 73.8 cm³/mol. The molecule has 0 amide bonds. The van der Waals surface area contributed by atoms with Crippen LogP contribution in [0, 0.1) is 10.1 Å². The molecule has 0 saturated carbocycles. The SMILES string of the molecule is Cn1cnc(S(=O)(=O)Nc2c(O)cccc2[N+](=O)[O-])c1Cl. The molecule has 1 heterocycles. The highest BCUT2D eigenvalue weighted by Crippen LogP contribution is 2.35. The molecule has 11 heteroatoms. The highest BCUT2D eigenvalue weighted by atomic mass is 35.5. The molecule has 0 fully saturated rings. The normalized spacial score (nSPS) is 11.3. The van der Waals surface area contributed by atoms with Crippen LogP contribution in [0.3, 0.4) is 0 Å². The fourth-order valence-corrected chi connectivity index (χ4v) is 3.07. The first-order valence-electron chi connectivity index (χ1n) is 5.40. The molecule has 0 bridgehead atoms. The number of nitrogens with zero attached hydrogens (tertiary/aromatic N) is 3. The van der Waals surface area contributed by atoms with Crippen LogP contribution in [0.5, 0.6) is 5.75 Å². The molecule has 0 aliphatic carbocycles. The number of hydrogen-bond acceptors (Lipinski definition) is 6. The molecule has 2 N–H and O–H groups in total. The Hall–Kier alpha value is -2.33. The maximum absolute atomic E-state index is 12.2. The number of nitrogens with one attached hydrogen (secondary N) is 1. The molecule has 112 valence electrons. The standard InChI is InChI=1S/C10H9ClN4O5S/c1-14-5-12-10(9(14)11)21(19,20)13-8-6(15(17)18)3-2-4-7(8)16/h2-5,13,16H,1H3. The number of aryl methyl sites for hydroxylation is 1. The van der Waals surface area contributed by atoms with Crippen LogP contribution in [0.1, 0.15) is 0 Å². The maximum atomic E-state index is 12.2. The molecule has 0 spiro atoms.